The summed E-state index contributed by atoms with van der Waals surface area (Å²) in [4.78, 5) is 23.7. The summed E-state index contributed by atoms with van der Waals surface area (Å²) in [6, 6.07) is -0.187. The van der Waals surface area contributed by atoms with E-state index in [1.807, 2.05) is 0 Å². The van der Waals surface area contributed by atoms with Crippen LogP contribution in [0.3, 0.4) is 0 Å². The molecule has 1 saturated heterocycles. The maximum Gasteiger partial charge on any atom is 0.332 e. The van der Waals surface area contributed by atoms with Crippen molar-refractivity contribution in [3.05, 3.63) is 0 Å². The molecule has 0 aromatic carbocycles. The lowest BCUT2D eigenvalue weighted by molar-refractivity contribution is -0.146. The first kappa shape index (κ1) is 13.8. The molecule has 0 saturated carbocycles. The Kier molecular flexibility index (Phi) is 4.34. The summed E-state index contributed by atoms with van der Waals surface area (Å²) in [7, 11) is 0. The standard InChI is InChI=1S/C11H20N2O4/c1-11(2)4-6-13(7-11)10(17)12-5-3-8(14)9(15)16/h8,14H,3-7H2,1-2H3,(H,12,17)(H,15,16). The van der Waals surface area contributed by atoms with E-state index in [9.17, 15) is 9.59 Å². The zero-order valence-corrected chi connectivity index (χ0v) is 10.3. The number of carbonyl (C=O) groups excluding carboxylic acids is 1. The summed E-state index contributed by atoms with van der Waals surface area (Å²) >= 11 is 0. The van der Waals surface area contributed by atoms with Crippen LogP contribution in [-0.2, 0) is 4.79 Å². The first-order valence-electron chi connectivity index (χ1n) is 5.75. The van der Waals surface area contributed by atoms with Gasteiger partial charge in [-0.1, -0.05) is 13.8 Å². The van der Waals surface area contributed by atoms with E-state index in [4.69, 9.17) is 10.2 Å². The van der Waals surface area contributed by atoms with Gasteiger partial charge >= 0.3 is 12.0 Å². The molecule has 1 aliphatic rings. The predicted octanol–water partition coefficient (Wildman–Crippen LogP) is 0.263. The highest BCUT2D eigenvalue weighted by molar-refractivity contribution is 5.75. The Labute approximate surface area is 101 Å². The van der Waals surface area contributed by atoms with Crippen molar-refractivity contribution in [1.29, 1.82) is 0 Å². The van der Waals surface area contributed by atoms with Crippen molar-refractivity contribution in [3.63, 3.8) is 0 Å². The van der Waals surface area contributed by atoms with Gasteiger partial charge < -0.3 is 20.4 Å². The molecule has 6 heteroatoms. The molecular weight excluding hydrogens is 224 g/mol. The Hall–Kier alpha value is -1.30. The zero-order valence-electron chi connectivity index (χ0n) is 10.3. The predicted molar refractivity (Wildman–Crippen MR) is 61.6 cm³/mol. The number of hydrogen-bond acceptors (Lipinski definition) is 3. The number of carboxylic acids is 1. The van der Waals surface area contributed by atoms with Gasteiger partial charge in [0.25, 0.3) is 0 Å². The van der Waals surface area contributed by atoms with Gasteiger partial charge in [-0.05, 0) is 11.8 Å². The molecule has 0 bridgehead atoms. The minimum absolute atomic E-state index is 0.0261. The maximum atomic E-state index is 11.7. The molecule has 0 radical (unpaired) electrons. The average molecular weight is 244 g/mol. The largest absolute Gasteiger partial charge is 0.479 e. The van der Waals surface area contributed by atoms with E-state index in [1.54, 1.807) is 4.90 Å². The van der Waals surface area contributed by atoms with Crippen molar-refractivity contribution in [2.75, 3.05) is 19.6 Å². The lowest BCUT2D eigenvalue weighted by Gasteiger charge is -2.20. The highest BCUT2D eigenvalue weighted by Gasteiger charge is 2.31. The third kappa shape index (κ3) is 4.22. The van der Waals surface area contributed by atoms with E-state index < -0.39 is 12.1 Å². The van der Waals surface area contributed by atoms with Gasteiger partial charge in [-0.25, -0.2) is 9.59 Å². The molecular formula is C11H20N2O4. The molecule has 1 fully saturated rings. The molecule has 0 aliphatic carbocycles. The van der Waals surface area contributed by atoms with Gasteiger partial charge in [0.1, 0.15) is 0 Å². The van der Waals surface area contributed by atoms with Crippen LogP contribution >= 0.6 is 0 Å². The second-order valence-corrected chi connectivity index (χ2v) is 5.21. The highest BCUT2D eigenvalue weighted by atomic mass is 16.4. The van der Waals surface area contributed by atoms with Crippen LogP contribution in [0, 0.1) is 5.41 Å². The minimum Gasteiger partial charge on any atom is -0.479 e. The molecule has 2 amide bonds. The molecule has 1 aliphatic heterocycles. The van der Waals surface area contributed by atoms with Crippen LogP contribution in [0.1, 0.15) is 26.7 Å². The van der Waals surface area contributed by atoms with Crippen molar-refractivity contribution in [1.82, 2.24) is 10.2 Å². The quantitative estimate of drug-likeness (QED) is 0.662. The molecule has 3 N–H and O–H groups in total. The van der Waals surface area contributed by atoms with Gasteiger partial charge in [-0.3, -0.25) is 0 Å². The smallest absolute Gasteiger partial charge is 0.332 e. The number of aliphatic carboxylic acids is 1. The summed E-state index contributed by atoms with van der Waals surface area (Å²) in [6.45, 7) is 5.81. The van der Waals surface area contributed by atoms with Crippen LogP contribution in [0.25, 0.3) is 0 Å². The SMILES string of the molecule is CC1(C)CCN(C(=O)NCCC(O)C(=O)O)C1. The van der Waals surface area contributed by atoms with Crippen LogP contribution in [0.2, 0.25) is 0 Å². The molecule has 1 unspecified atom stereocenters. The van der Waals surface area contributed by atoms with E-state index in [-0.39, 0.29) is 24.4 Å². The Balaban J connectivity index is 2.25. The number of carbonyl (C=O) groups is 2. The van der Waals surface area contributed by atoms with E-state index in [2.05, 4.69) is 19.2 Å². The average Bonchev–Trinajstić information content (AvgIpc) is 2.58. The van der Waals surface area contributed by atoms with Crippen LogP contribution in [0.5, 0.6) is 0 Å². The molecule has 0 aromatic heterocycles. The van der Waals surface area contributed by atoms with Crippen molar-refractivity contribution in [2.24, 2.45) is 5.41 Å². The third-order valence-corrected chi connectivity index (χ3v) is 2.94. The molecule has 1 rings (SSSR count). The number of carboxylic acid groups (broad SMARTS) is 1. The van der Waals surface area contributed by atoms with Gasteiger partial charge in [-0.2, -0.15) is 0 Å². The number of amides is 2. The molecule has 0 spiro atoms. The summed E-state index contributed by atoms with van der Waals surface area (Å²) in [5, 5.41) is 20.1. The second kappa shape index (κ2) is 5.35. The van der Waals surface area contributed by atoms with Crippen molar-refractivity contribution < 1.29 is 19.8 Å². The third-order valence-electron chi connectivity index (χ3n) is 2.94. The van der Waals surface area contributed by atoms with Gasteiger partial charge in [0.05, 0.1) is 0 Å². The number of nitrogens with one attached hydrogen (secondary N) is 1. The van der Waals surface area contributed by atoms with Crippen molar-refractivity contribution in [3.8, 4) is 0 Å². The van der Waals surface area contributed by atoms with Gasteiger partial charge in [0.2, 0.25) is 0 Å². The lowest BCUT2D eigenvalue weighted by atomic mass is 9.93. The maximum absolute atomic E-state index is 11.7. The molecule has 6 nitrogen and oxygen atoms in total. The van der Waals surface area contributed by atoms with Gasteiger partial charge in [0, 0.05) is 26.1 Å². The first-order valence-corrected chi connectivity index (χ1v) is 5.75. The minimum atomic E-state index is -1.41. The monoisotopic (exact) mass is 244 g/mol. The summed E-state index contributed by atoms with van der Waals surface area (Å²) in [6.07, 6.45) is -0.415. The number of urea groups is 1. The van der Waals surface area contributed by atoms with Gasteiger partial charge in [-0.15, -0.1) is 0 Å². The second-order valence-electron chi connectivity index (χ2n) is 5.21. The normalized spacial score (nSPS) is 20.1. The summed E-state index contributed by atoms with van der Waals surface area (Å²) < 4.78 is 0. The van der Waals surface area contributed by atoms with E-state index in [1.165, 1.54) is 0 Å². The van der Waals surface area contributed by atoms with E-state index in [0.717, 1.165) is 13.0 Å². The summed E-state index contributed by atoms with van der Waals surface area (Å²) in [5.74, 6) is -1.26. The van der Waals surface area contributed by atoms with Gasteiger partial charge in [0.15, 0.2) is 6.10 Å². The molecule has 1 heterocycles. The topological polar surface area (TPSA) is 89.9 Å². The number of likely N-dealkylation sites (tertiary alicyclic amines) is 1. The number of aliphatic hydroxyl groups is 1. The Morgan fingerprint density at radius 3 is 2.59 bits per heavy atom. The van der Waals surface area contributed by atoms with Crippen LogP contribution in [-0.4, -0.2) is 52.9 Å². The summed E-state index contributed by atoms with van der Waals surface area (Å²) in [5.41, 5.74) is 0.151. The lowest BCUT2D eigenvalue weighted by Crippen LogP contribution is -2.40. The Bertz CT molecular complexity index is 304. The van der Waals surface area contributed by atoms with Crippen LogP contribution < -0.4 is 5.32 Å². The fraction of sp³-hybridized carbons (Fsp3) is 0.818. The molecule has 1 atom stereocenters. The van der Waals surface area contributed by atoms with Crippen molar-refractivity contribution in [2.45, 2.75) is 32.8 Å². The fourth-order valence-electron chi connectivity index (χ4n) is 1.84. The zero-order chi connectivity index (χ0) is 13.1. The number of aliphatic hydroxyl groups excluding tert-OH is 1. The number of rotatable bonds is 4. The Morgan fingerprint density at radius 1 is 1.47 bits per heavy atom. The van der Waals surface area contributed by atoms with Crippen molar-refractivity contribution >= 4 is 12.0 Å². The van der Waals surface area contributed by atoms with E-state index in [0.29, 0.717) is 6.54 Å². The van der Waals surface area contributed by atoms with Crippen LogP contribution in [0.4, 0.5) is 4.79 Å². The Morgan fingerprint density at radius 2 is 2.12 bits per heavy atom. The van der Waals surface area contributed by atoms with E-state index >= 15 is 0 Å². The highest BCUT2D eigenvalue weighted by Crippen LogP contribution is 2.28. The molecule has 98 valence electrons. The molecule has 0 aromatic rings. The number of nitrogens with zero attached hydrogens (tertiary/aromatic N) is 1. The fourth-order valence-corrected chi connectivity index (χ4v) is 1.84. The first-order chi connectivity index (χ1) is 7.82. The number of hydrogen-bond donors (Lipinski definition) is 3. The molecule has 17 heavy (non-hydrogen) atoms. The van der Waals surface area contributed by atoms with Crippen LogP contribution in [0.15, 0.2) is 0 Å².